The van der Waals surface area contributed by atoms with Gasteiger partial charge in [-0.15, -0.1) is 0 Å². The molecule has 0 saturated heterocycles. The predicted molar refractivity (Wildman–Crippen MR) is 89.9 cm³/mol. The van der Waals surface area contributed by atoms with Crippen molar-refractivity contribution in [3.05, 3.63) is 60.7 Å². The van der Waals surface area contributed by atoms with Gasteiger partial charge in [0.1, 0.15) is 5.75 Å². The molecule has 0 aromatic heterocycles. The monoisotopic (exact) mass is 273 g/mol. The van der Waals surface area contributed by atoms with E-state index in [1.54, 1.807) is 7.11 Å². The van der Waals surface area contributed by atoms with Crippen molar-refractivity contribution >= 4 is 38.0 Å². The fourth-order valence-electron chi connectivity index (χ4n) is 3.04. The molecule has 0 saturated carbocycles. The van der Waals surface area contributed by atoms with Gasteiger partial charge in [0.05, 0.1) is 7.11 Å². The molecule has 102 valence electrons. The molecule has 4 aromatic rings. The first-order chi connectivity index (χ1) is 10.3. The van der Waals surface area contributed by atoms with Crippen molar-refractivity contribution in [1.29, 1.82) is 0 Å². The van der Waals surface area contributed by atoms with Crippen LogP contribution in [0, 0.1) is 0 Å². The van der Waals surface area contributed by atoms with Gasteiger partial charge in [0.15, 0.2) is 0 Å². The SMILES string of the molecule is COc1c2cc3ccccc3cc2cc2c(N)cccc12. The first kappa shape index (κ1) is 12.0. The lowest BCUT2D eigenvalue weighted by Crippen LogP contribution is -1.91. The van der Waals surface area contributed by atoms with Crippen molar-refractivity contribution in [3.8, 4) is 5.75 Å². The molecule has 21 heavy (non-hydrogen) atoms. The molecule has 4 aromatic carbocycles. The maximum Gasteiger partial charge on any atom is 0.134 e. The van der Waals surface area contributed by atoms with Gasteiger partial charge < -0.3 is 10.5 Å². The number of fused-ring (bicyclic) bond motifs is 3. The molecule has 2 N–H and O–H groups in total. The topological polar surface area (TPSA) is 35.2 Å². The van der Waals surface area contributed by atoms with Gasteiger partial charge in [-0.05, 0) is 40.4 Å². The van der Waals surface area contributed by atoms with E-state index in [4.69, 9.17) is 10.5 Å². The van der Waals surface area contributed by atoms with Gasteiger partial charge in [-0.2, -0.15) is 0 Å². The Balaban J connectivity index is 2.26. The van der Waals surface area contributed by atoms with Gasteiger partial charge in [-0.1, -0.05) is 36.4 Å². The van der Waals surface area contributed by atoms with Crippen molar-refractivity contribution in [1.82, 2.24) is 0 Å². The summed E-state index contributed by atoms with van der Waals surface area (Å²) in [7, 11) is 1.71. The van der Waals surface area contributed by atoms with Gasteiger partial charge in [0.25, 0.3) is 0 Å². The maximum atomic E-state index is 6.13. The molecule has 0 bridgehead atoms. The van der Waals surface area contributed by atoms with Crippen LogP contribution >= 0.6 is 0 Å². The molecule has 2 heteroatoms. The zero-order valence-electron chi connectivity index (χ0n) is 11.8. The van der Waals surface area contributed by atoms with Gasteiger partial charge in [-0.25, -0.2) is 0 Å². The number of methoxy groups -OCH3 is 1. The van der Waals surface area contributed by atoms with Crippen LogP contribution in [0.25, 0.3) is 32.3 Å². The quantitative estimate of drug-likeness (QED) is 0.401. The summed E-state index contributed by atoms with van der Waals surface area (Å²) < 4.78 is 5.69. The van der Waals surface area contributed by atoms with Crippen LogP contribution in [-0.4, -0.2) is 7.11 Å². The third-order valence-electron chi connectivity index (χ3n) is 4.05. The minimum Gasteiger partial charge on any atom is -0.495 e. The van der Waals surface area contributed by atoms with Crippen LogP contribution in [0.4, 0.5) is 5.69 Å². The van der Waals surface area contributed by atoms with E-state index in [2.05, 4.69) is 48.5 Å². The molecular weight excluding hydrogens is 258 g/mol. The molecule has 0 radical (unpaired) electrons. The van der Waals surface area contributed by atoms with E-state index >= 15 is 0 Å². The van der Waals surface area contributed by atoms with Crippen LogP contribution in [0.15, 0.2) is 60.7 Å². The average molecular weight is 273 g/mol. The molecular formula is C19H15NO. The van der Waals surface area contributed by atoms with Crippen molar-refractivity contribution in [2.45, 2.75) is 0 Å². The minimum absolute atomic E-state index is 0.779. The zero-order chi connectivity index (χ0) is 14.4. The summed E-state index contributed by atoms with van der Waals surface area (Å²) in [5.41, 5.74) is 6.91. The summed E-state index contributed by atoms with van der Waals surface area (Å²) in [5.74, 6) is 0.889. The van der Waals surface area contributed by atoms with E-state index in [-0.39, 0.29) is 0 Å². The second kappa shape index (κ2) is 4.38. The molecule has 0 spiro atoms. The molecule has 0 aliphatic heterocycles. The Morgan fingerprint density at radius 2 is 1.43 bits per heavy atom. The molecule has 0 aliphatic carbocycles. The number of nitrogens with two attached hydrogens (primary N) is 1. The Hall–Kier alpha value is -2.74. The number of hydrogen-bond acceptors (Lipinski definition) is 2. The first-order valence-corrected chi connectivity index (χ1v) is 6.95. The Morgan fingerprint density at radius 1 is 0.714 bits per heavy atom. The van der Waals surface area contributed by atoms with Crippen molar-refractivity contribution < 1.29 is 4.74 Å². The van der Waals surface area contributed by atoms with E-state index in [1.165, 1.54) is 10.8 Å². The Bertz CT molecular complexity index is 989. The summed E-state index contributed by atoms with van der Waals surface area (Å²) in [6, 6.07) is 20.8. The van der Waals surface area contributed by atoms with Crippen LogP contribution < -0.4 is 10.5 Å². The molecule has 0 fully saturated rings. The van der Waals surface area contributed by atoms with Gasteiger partial charge in [0.2, 0.25) is 0 Å². The lowest BCUT2D eigenvalue weighted by Gasteiger charge is -2.12. The molecule has 0 aliphatic rings. The van der Waals surface area contributed by atoms with Crippen LogP contribution in [0.2, 0.25) is 0 Å². The summed E-state index contributed by atoms with van der Waals surface area (Å²) in [6.07, 6.45) is 0. The first-order valence-electron chi connectivity index (χ1n) is 6.95. The molecule has 4 rings (SSSR count). The Morgan fingerprint density at radius 3 is 2.19 bits per heavy atom. The number of hydrogen-bond donors (Lipinski definition) is 1. The van der Waals surface area contributed by atoms with E-state index < -0.39 is 0 Å². The normalized spacial score (nSPS) is 11.3. The molecule has 0 amide bonds. The van der Waals surface area contributed by atoms with Crippen LogP contribution in [0.5, 0.6) is 5.75 Å². The highest BCUT2D eigenvalue weighted by Gasteiger charge is 2.10. The van der Waals surface area contributed by atoms with Crippen LogP contribution in [-0.2, 0) is 0 Å². The van der Waals surface area contributed by atoms with Gasteiger partial charge in [0, 0.05) is 21.8 Å². The second-order valence-electron chi connectivity index (χ2n) is 5.27. The van der Waals surface area contributed by atoms with Gasteiger partial charge >= 0.3 is 0 Å². The highest BCUT2D eigenvalue weighted by Crippen LogP contribution is 2.38. The largest absolute Gasteiger partial charge is 0.495 e. The van der Waals surface area contributed by atoms with Crippen LogP contribution in [0.3, 0.4) is 0 Å². The van der Waals surface area contributed by atoms with Crippen molar-refractivity contribution in [2.75, 3.05) is 12.8 Å². The smallest absolute Gasteiger partial charge is 0.134 e. The lowest BCUT2D eigenvalue weighted by molar-refractivity contribution is 0.424. The third-order valence-corrected chi connectivity index (χ3v) is 4.05. The minimum atomic E-state index is 0.779. The summed E-state index contributed by atoms with van der Waals surface area (Å²) >= 11 is 0. The highest BCUT2D eigenvalue weighted by atomic mass is 16.5. The van der Waals surface area contributed by atoms with Crippen molar-refractivity contribution in [3.63, 3.8) is 0 Å². The predicted octanol–water partition coefficient (Wildman–Crippen LogP) is 4.74. The van der Waals surface area contributed by atoms with Crippen LogP contribution in [0.1, 0.15) is 0 Å². The lowest BCUT2D eigenvalue weighted by atomic mass is 9.98. The third kappa shape index (κ3) is 1.73. The standard InChI is InChI=1S/C19H15NO/c1-21-19-15-7-4-8-18(20)17(15)11-14-9-12-5-2-3-6-13(12)10-16(14)19/h2-11H,20H2,1H3. The van der Waals surface area contributed by atoms with Crippen molar-refractivity contribution in [2.24, 2.45) is 0 Å². The molecule has 0 atom stereocenters. The van der Waals surface area contributed by atoms with E-state index in [0.717, 1.165) is 33.0 Å². The molecule has 0 unspecified atom stereocenters. The maximum absolute atomic E-state index is 6.13. The number of anilines is 1. The number of benzene rings is 4. The zero-order valence-corrected chi connectivity index (χ0v) is 11.8. The fourth-order valence-corrected chi connectivity index (χ4v) is 3.04. The Labute approximate surface area is 122 Å². The summed E-state index contributed by atoms with van der Waals surface area (Å²) in [6.45, 7) is 0. The van der Waals surface area contributed by atoms with E-state index in [0.29, 0.717) is 0 Å². The number of nitrogen functional groups attached to an aromatic ring is 1. The number of rotatable bonds is 1. The molecule has 2 nitrogen and oxygen atoms in total. The fraction of sp³-hybridized carbons (Fsp3) is 0.0526. The van der Waals surface area contributed by atoms with E-state index in [1.807, 2.05) is 12.1 Å². The Kier molecular flexibility index (Phi) is 2.51. The van der Waals surface area contributed by atoms with E-state index in [9.17, 15) is 0 Å². The van der Waals surface area contributed by atoms with Gasteiger partial charge in [-0.3, -0.25) is 0 Å². The number of ether oxygens (including phenoxy) is 1. The molecule has 0 heterocycles. The summed E-state index contributed by atoms with van der Waals surface area (Å²) in [4.78, 5) is 0. The average Bonchev–Trinajstić information content (AvgIpc) is 2.51. The second-order valence-corrected chi connectivity index (χ2v) is 5.27. The highest BCUT2D eigenvalue weighted by molar-refractivity contribution is 6.12. The summed E-state index contributed by atoms with van der Waals surface area (Å²) in [5, 5.41) is 6.80.